The van der Waals surface area contributed by atoms with Gasteiger partial charge in [0.05, 0.1) is 11.6 Å². The van der Waals surface area contributed by atoms with E-state index in [9.17, 15) is 0 Å². The molecule has 4 nitrogen and oxygen atoms in total. The quantitative estimate of drug-likeness (QED) is 0.916. The molecule has 4 heteroatoms. The van der Waals surface area contributed by atoms with E-state index in [0.29, 0.717) is 0 Å². The molecule has 1 atom stereocenters. The second-order valence-electron chi connectivity index (χ2n) is 5.22. The first-order valence-electron chi connectivity index (χ1n) is 7.16. The number of aromatic nitrogens is 1. The fourth-order valence-electron chi connectivity index (χ4n) is 2.89. The standard InChI is InChI=1S/C15H21N3O/c1-2-18(11-12-4-3-7-16-10-12)15-13-6-9-19-14(13)5-8-17-15/h5-6,8-9,12,16H,2-4,7,10-11H2,1H3. The summed E-state index contributed by atoms with van der Waals surface area (Å²) in [5.74, 6) is 1.77. The molecule has 0 aliphatic carbocycles. The van der Waals surface area contributed by atoms with Crippen LogP contribution in [0.25, 0.3) is 11.0 Å². The topological polar surface area (TPSA) is 41.3 Å². The third-order valence-corrected chi connectivity index (χ3v) is 3.92. The average Bonchev–Trinajstić information content (AvgIpc) is 2.94. The molecule has 102 valence electrons. The Morgan fingerprint density at radius 2 is 2.42 bits per heavy atom. The second kappa shape index (κ2) is 5.61. The minimum absolute atomic E-state index is 0.720. The first-order valence-corrected chi connectivity index (χ1v) is 7.16. The number of hydrogen-bond donors (Lipinski definition) is 1. The van der Waals surface area contributed by atoms with Crippen molar-refractivity contribution in [3.8, 4) is 0 Å². The molecule has 1 aliphatic heterocycles. The first kappa shape index (κ1) is 12.5. The molecule has 2 aromatic rings. The second-order valence-corrected chi connectivity index (χ2v) is 5.22. The summed E-state index contributed by atoms with van der Waals surface area (Å²) in [4.78, 5) is 6.93. The Hall–Kier alpha value is -1.55. The van der Waals surface area contributed by atoms with Gasteiger partial charge in [-0.1, -0.05) is 0 Å². The molecule has 0 saturated carbocycles. The van der Waals surface area contributed by atoms with Gasteiger partial charge in [-0.2, -0.15) is 0 Å². The van der Waals surface area contributed by atoms with Crippen LogP contribution in [-0.2, 0) is 0 Å². The van der Waals surface area contributed by atoms with Gasteiger partial charge in [-0.05, 0) is 50.9 Å². The van der Waals surface area contributed by atoms with E-state index >= 15 is 0 Å². The first-order chi connectivity index (χ1) is 9.38. The third-order valence-electron chi connectivity index (χ3n) is 3.92. The molecule has 0 amide bonds. The van der Waals surface area contributed by atoms with Gasteiger partial charge in [-0.25, -0.2) is 4.98 Å². The van der Waals surface area contributed by atoms with Crippen LogP contribution < -0.4 is 10.2 Å². The number of pyridine rings is 1. The highest BCUT2D eigenvalue weighted by atomic mass is 16.3. The lowest BCUT2D eigenvalue weighted by atomic mass is 9.99. The van der Waals surface area contributed by atoms with Crippen molar-refractivity contribution in [1.29, 1.82) is 0 Å². The number of fused-ring (bicyclic) bond motifs is 1. The molecule has 3 heterocycles. The molecule has 0 aromatic carbocycles. The Morgan fingerprint density at radius 3 is 3.21 bits per heavy atom. The molecule has 1 N–H and O–H groups in total. The Kier molecular flexibility index (Phi) is 3.69. The van der Waals surface area contributed by atoms with E-state index in [0.717, 1.165) is 48.9 Å². The van der Waals surface area contributed by atoms with Crippen LogP contribution in [0.15, 0.2) is 29.0 Å². The van der Waals surface area contributed by atoms with Crippen molar-refractivity contribution < 1.29 is 4.42 Å². The van der Waals surface area contributed by atoms with Gasteiger partial charge in [0.1, 0.15) is 11.4 Å². The van der Waals surface area contributed by atoms with Crippen LogP contribution in [0.2, 0.25) is 0 Å². The van der Waals surface area contributed by atoms with Gasteiger partial charge in [-0.15, -0.1) is 0 Å². The van der Waals surface area contributed by atoms with Gasteiger partial charge in [0, 0.05) is 19.3 Å². The molecule has 1 unspecified atom stereocenters. The van der Waals surface area contributed by atoms with Crippen LogP contribution in [0.4, 0.5) is 5.82 Å². The number of hydrogen-bond acceptors (Lipinski definition) is 4. The Labute approximate surface area is 113 Å². The maximum Gasteiger partial charge on any atom is 0.139 e. The fraction of sp³-hybridized carbons (Fsp3) is 0.533. The van der Waals surface area contributed by atoms with Gasteiger partial charge in [0.25, 0.3) is 0 Å². The van der Waals surface area contributed by atoms with Crippen molar-refractivity contribution in [2.24, 2.45) is 5.92 Å². The molecule has 1 saturated heterocycles. The van der Waals surface area contributed by atoms with Crippen molar-refractivity contribution in [1.82, 2.24) is 10.3 Å². The molecular formula is C15H21N3O. The number of piperidine rings is 1. The molecule has 0 bridgehead atoms. The van der Waals surface area contributed by atoms with Crippen LogP contribution in [-0.4, -0.2) is 31.2 Å². The molecule has 1 fully saturated rings. The third kappa shape index (κ3) is 2.59. The van der Waals surface area contributed by atoms with Gasteiger partial charge in [0.2, 0.25) is 0 Å². The van der Waals surface area contributed by atoms with Crippen molar-refractivity contribution in [3.63, 3.8) is 0 Å². The summed E-state index contributed by atoms with van der Waals surface area (Å²) in [6, 6.07) is 3.94. The van der Waals surface area contributed by atoms with Crippen molar-refractivity contribution in [2.45, 2.75) is 19.8 Å². The van der Waals surface area contributed by atoms with Crippen LogP contribution in [0.3, 0.4) is 0 Å². The predicted octanol–water partition coefficient (Wildman–Crippen LogP) is 2.65. The zero-order chi connectivity index (χ0) is 13.1. The minimum atomic E-state index is 0.720. The summed E-state index contributed by atoms with van der Waals surface area (Å²) in [7, 11) is 0. The summed E-state index contributed by atoms with van der Waals surface area (Å²) in [6.07, 6.45) is 6.17. The summed E-state index contributed by atoms with van der Waals surface area (Å²) < 4.78 is 5.46. The molecule has 2 aromatic heterocycles. The smallest absolute Gasteiger partial charge is 0.139 e. The lowest BCUT2D eigenvalue weighted by Crippen LogP contribution is -2.38. The van der Waals surface area contributed by atoms with E-state index in [2.05, 4.69) is 22.1 Å². The predicted molar refractivity (Wildman–Crippen MR) is 77.5 cm³/mol. The van der Waals surface area contributed by atoms with E-state index in [4.69, 9.17) is 4.42 Å². The summed E-state index contributed by atoms with van der Waals surface area (Å²) in [5, 5.41) is 4.60. The lowest BCUT2D eigenvalue weighted by Gasteiger charge is -2.30. The van der Waals surface area contributed by atoms with Crippen molar-refractivity contribution in [3.05, 3.63) is 24.6 Å². The Bertz CT molecular complexity index is 531. The van der Waals surface area contributed by atoms with Gasteiger partial charge >= 0.3 is 0 Å². The highest BCUT2D eigenvalue weighted by Gasteiger charge is 2.18. The number of nitrogens with zero attached hydrogens (tertiary/aromatic N) is 2. The molecular weight excluding hydrogens is 238 g/mol. The molecule has 0 spiro atoms. The fourth-order valence-corrected chi connectivity index (χ4v) is 2.89. The van der Waals surface area contributed by atoms with E-state index in [1.165, 1.54) is 12.8 Å². The number of nitrogens with one attached hydrogen (secondary N) is 1. The monoisotopic (exact) mass is 259 g/mol. The summed E-state index contributed by atoms with van der Waals surface area (Å²) >= 11 is 0. The van der Waals surface area contributed by atoms with E-state index in [-0.39, 0.29) is 0 Å². The van der Waals surface area contributed by atoms with Gasteiger partial charge < -0.3 is 14.6 Å². The lowest BCUT2D eigenvalue weighted by molar-refractivity contribution is 0.377. The largest absolute Gasteiger partial charge is 0.464 e. The SMILES string of the molecule is CCN(CC1CCCNC1)c1nccc2occc12. The van der Waals surface area contributed by atoms with Gasteiger partial charge in [0.15, 0.2) is 0 Å². The van der Waals surface area contributed by atoms with E-state index < -0.39 is 0 Å². The maximum atomic E-state index is 5.46. The maximum absolute atomic E-state index is 5.46. The molecule has 19 heavy (non-hydrogen) atoms. The highest BCUT2D eigenvalue weighted by molar-refractivity contribution is 5.88. The zero-order valence-electron chi connectivity index (χ0n) is 11.4. The Morgan fingerprint density at radius 1 is 1.47 bits per heavy atom. The molecule has 3 rings (SSSR count). The minimum Gasteiger partial charge on any atom is -0.464 e. The van der Waals surface area contributed by atoms with Crippen molar-refractivity contribution in [2.75, 3.05) is 31.1 Å². The van der Waals surface area contributed by atoms with Crippen molar-refractivity contribution >= 4 is 16.8 Å². The van der Waals surface area contributed by atoms with E-state index in [1.807, 2.05) is 18.3 Å². The highest BCUT2D eigenvalue weighted by Crippen LogP contribution is 2.26. The van der Waals surface area contributed by atoms with Crippen LogP contribution in [0.5, 0.6) is 0 Å². The average molecular weight is 259 g/mol. The van der Waals surface area contributed by atoms with Crippen LogP contribution in [0, 0.1) is 5.92 Å². The van der Waals surface area contributed by atoms with Gasteiger partial charge in [-0.3, -0.25) is 0 Å². The zero-order valence-corrected chi connectivity index (χ0v) is 11.4. The van der Waals surface area contributed by atoms with Crippen LogP contribution in [0.1, 0.15) is 19.8 Å². The normalized spacial score (nSPS) is 19.7. The van der Waals surface area contributed by atoms with Crippen LogP contribution >= 0.6 is 0 Å². The Balaban J connectivity index is 1.82. The number of anilines is 1. The summed E-state index contributed by atoms with van der Waals surface area (Å²) in [5.41, 5.74) is 0.921. The summed E-state index contributed by atoms with van der Waals surface area (Å²) in [6.45, 7) is 6.53. The van der Waals surface area contributed by atoms with E-state index in [1.54, 1.807) is 6.26 Å². The molecule has 1 aliphatic rings. The molecule has 0 radical (unpaired) electrons. The number of rotatable bonds is 4. The number of furan rings is 1.